The van der Waals surface area contributed by atoms with Crippen molar-refractivity contribution in [2.45, 2.75) is 19.8 Å². The highest BCUT2D eigenvalue weighted by Gasteiger charge is 2.20. The number of carbonyl (C=O) groups excluding carboxylic acids is 1. The second kappa shape index (κ2) is 8.51. The van der Waals surface area contributed by atoms with E-state index in [0.717, 1.165) is 43.1 Å². The highest BCUT2D eigenvalue weighted by molar-refractivity contribution is 5.77. The number of para-hydroxylation sites is 1. The van der Waals surface area contributed by atoms with Crippen LogP contribution in [0.1, 0.15) is 18.4 Å². The van der Waals surface area contributed by atoms with Gasteiger partial charge < -0.3 is 15.0 Å². The van der Waals surface area contributed by atoms with Gasteiger partial charge in [0.25, 0.3) is 5.91 Å². The lowest BCUT2D eigenvalue weighted by Gasteiger charge is -2.32. The van der Waals surface area contributed by atoms with E-state index >= 15 is 0 Å². The van der Waals surface area contributed by atoms with Crippen molar-refractivity contribution in [1.82, 2.24) is 10.3 Å². The molecule has 1 saturated heterocycles. The number of nitrogens with zero attached hydrogens (tertiary/aromatic N) is 2. The average molecular weight is 339 g/mol. The number of benzene rings is 1. The van der Waals surface area contributed by atoms with Gasteiger partial charge in [0.15, 0.2) is 6.61 Å². The minimum Gasteiger partial charge on any atom is -0.484 e. The summed E-state index contributed by atoms with van der Waals surface area (Å²) >= 11 is 0. The number of hydrogen-bond donors (Lipinski definition) is 1. The summed E-state index contributed by atoms with van der Waals surface area (Å²) in [6, 6.07) is 13.7. The molecule has 25 heavy (non-hydrogen) atoms. The number of rotatable bonds is 6. The molecular formula is C20H25N3O2. The van der Waals surface area contributed by atoms with Crippen LogP contribution in [0.3, 0.4) is 0 Å². The first kappa shape index (κ1) is 17.3. The number of piperidine rings is 1. The van der Waals surface area contributed by atoms with Crippen molar-refractivity contribution in [3.8, 4) is 5.75 Å². The molecule has 1 N–H and O–H groups in total. The average Bonchev–Trinajstić information content (AvgIpc) is 2.67. The number of carbonyl (C=O) groups is 1. The molecule has 1 aromatic carbocycles. The van der Waals surface area contributed by atoms with Crippen molar-refractivity contribution in [1.29, 1.82) is 0 Å². The Morgan fingerprint density at radius 3 is 2.68 bits per heavy atom. The number of aromatic nitrogens is 1. The maximum Gasteiger partial charge on any atom is 0.257 e. The summed E-state index contributed by atoms with van der Waals surface area (Å²) in [5.74, 6) is 2.26. The van der Waals surface area contributed by atoms with Crippen LogP contribution in [0.25, 0.3) is 0 Å². The molecular weight excluding hydrogens is 314 g/mol. The van der Waals surface area contributed by atoms with Crippen LogP contribution in [-0.4, -0.2) is 37.1 Å². The van der Waals surface area contributed by atoms with Crippen molar-refractivity contribution >= 4 is 11.7 Å². The molecule has 0 saturated carbocycles. The maximum absolute atomic E-state index is 12.0. The molecule has 2 heterocycles. The summed E-state index contributed by atoms with van der Waals surface area (Å²) in [6.07, 6.45) is 3.96. The highest BCUT2D eigenvalue weighted by atomic mass is 16.5. The second-order valence-corrected chi connectivity index (χ2v) is 6.48. The normalized spacial score (nSPS) is 15.0. The minimum atomic E-state index is -0.0598. The third kappa shape index (κ3) is 4.95. The number of ether oxygens (including phenoxy) is 1. The summed E-state index contributed by atoms with van der Waals surface area (Å²) in [5, 5.41) is 3.00. The van der Waals surface area contributed by atoms with E-state index in [1.54, 1.807) is 0 Å². The molecule has 1 aliphatic heterocycles. The number of aryl methyl sites for hydroxylation is 1. The van der Waals surface area contributed by atoms with Crippen LogP contribution in [0, 0.1) is 12.8 Å². The van der Waals surface area contributed by atoms with Gasteiger partial charge in [0.2, 0.25) is 0 Å². The van der Waals surface area contributed by atoms with Gasteiger partial charge in [-0.15, -0.1) is 0 Å². The van der Waals surface area contributed by atoms with E-state index in [1.807, 2.05) is 55.6 Å². The van der Waals surface area contributed by atoms with E-state index in [0.29, 0.717) is 12.5 Å². The van der Waals surface area contributed by atoms with Crippen molar-refractivity contribution < 1.29 is 9.53 Å². The van der Waals surface area contributed by atoms with Gasteiger partial charge in [0, 0.05) is 25.8 Å². The summed E-state index contributed by atoms with van der Waals surface area (Å²) < 4.78 is 5.58. The summed E-state index contributed by atoms with van der Waals surface area (Å²) in [5.41, 5.74) is 1.04. The molecule has 0 atom stereocenters. The van der Waals surface area contributed by atoms with Crippen LogP contribution >= 0.6 is 0 Å². The zero-order valence-electron chi connectivity index (χ0n) is 14.6. The van der Waals surface area contributed by atoms with Gasteiger partial charge in [-0.3, -0.25) is 4.79 Å². The monoisotopic (exact) mass is 339 g/mol. The lowest BCUT2D eigenvalue weighted by molar-refractivity contribution is -0.123. The Labute approximate surface area is 149 Å². The summed E-state index contributed by atoms with van der Waals surface area (Å²) in [4.78, 5) is 18.7. The van der Waals surface area contributed by atoms with E-state index in [-0.39, 0.29) is 12.5 Å². The molecule has 2 aromatic rings. The topological polar surface area (TPSA) is 54.5 Å². The van der Waals surface area contributed by atoms with Crippen molar-refractivity contribution in [3.63, 3.8) is 0 Å². The molecule has 0 radical (unpaired) electrons. The summed E-state index contributed by atoms with van der Waals surface area (Å²) in [7, 11) is 0. The Morgan fingerprint density at radius 1 is 1.20 bits per heavy atom. The van der Waals surface area contributed by atoms with Crippen molar-refractivity contribution in [2.24, 2.45) is 5.92 Å². The van der Waals surface area contributed by atoms with Gasteiger partial charge in [-0.25, -0.2) is 4.98 Å². The van der Waals surface area contributed by atoms with Gasteiger partial charge in [-0.1, -0.05) is 24.3 Å². The Balaban J connectivity index is 1.37. The van der Waals surface area contributed by atoms with Gasteiger partial charge >= 0.3 is 0 Å². The molecule has 0 bridgehead atoms. The summed E-state index contributed by atoms with van der Waals surface area (Å²) in [6.45, 7) is 4.72. The number of anilines is 1. The predicted molar refractivity (Wildman–Crippen MR) is 98.9 cm³/mol. The number of nitrogens with one attached hydrogen (secondary N) is 1. The number of amides is 1. The van der Waals surface area contributed by atoms with Gasteiger partial charge in [-0.05, 0) is 49.4 Å². The fraction of sp³-hybridized carbons (Fsp3) is 0.400. The third-order valence-electron chi connectivity index (χ3n) is 4.63. The smallest absolute Gasteiger partial charge is 0.257 e. The maximum atomic E-state index is 12.0. The lowest BCUT2D eigenvalue weighted by Crippen LogP contribution is -2.40. The van der Waals surface area contributed by atoms with E-state index in [9.17, 15) is 4.79 Å². The molecule has 132 valence electrons. The predicted octanol–water partition coefficient (Wildman–Crippen LogP) is 2.80. The van der Waals surface area contributed by atoms with Gasteiger partial charge in [0.05, 0.1) is 0 Å². The lowest BCUT2D eigenvalue weighted by atomic mass is 9.97. The fourth-order valence-corrected chi connectivity index (χ4v) is 3.08. The van der Waals surface area contributed by atoms with Crippen LogP contribution in [0.4, 0.5) is 5.82 Å². The Kier molecular flexibility index (Phi) is 5.88. The third-order valence-corrected chi connectivity index (χ3v) is 4.63. The van der Waals surface area contributed by atoms with Crippen LogP contribution < -0.4 is 15.0 Å². The van der Waals surface area contributed by atoms with E-state index in [2.05, 4.69) is 15.2 Å². The number of pyridine rings is 1. The van der Waals surface area contributed by atoms with Crippen LogP contribution in [0.2, 0.25) is 0 Å². The molecule has 3 rings (SSSR count). The molecule has 5 nitrogen and oxygen atoms in total. The zero-order valence-corrected chi connectivity index (χ0v) is 14.6. The quantitative estimate of drug-likeness (QED) is 0.879. The molecule has 1 aromatic heterocycles. The largest absolute Gasteiger partial charge is 0.484 e. The van der Waals surface area contributed by atoms with E-state index in [1.165, 1.54) is 0 Å². The first-order valence-electron chi connectivity index (χ1n) is 8.83. The van der Waals surface area contributed by atoms with Crippen LogP contribution in [-0.2, 0) is 4.79 Å². The molecule has 0 aliphatic carbocycles. The Morgan fingerprint density at radius 2 is 1.96 bits per heavy atom. The van der Waals surface area contributed by atoms with E-state index in [4.69, 9.17) is 4.74 Å². The minimum absolute atomic E-state index is 0.0598. The highest BCUT2D eigenvalue weighted by Crippen LogP contribution is 2.21. The second-order valence-electron chi connectivity index (χ2n) is 6.48. The van der Waals surface area contributed by atoms with Gasteiger partial charge in [-0.2, -0.15) is 0 Å². The first-order valence-corrected chi connectivity index (χ1v) is 8.83. The Bertz CT molecular complexity index is 682. The fourth-order valence-electron chi connectivity index (χ4n) is 3.08. The van der Waals surface area contributed by atoms with Crippen LogP contribution in [0.15, 0.2) is 48.7 Å². The molecule has 5 heteroatoms. The SMILES string of the molecule is Cc1ccccc1OCC(=O)NCC1CCN(c2ccccn2)CC1. The molecule has 1 amide bonds. The zero-order chi connectivity index (χ0) is 17.5. The molecule has 0 spiro atoms. The number of hydrogen-bond acceptors (Lipinski definition) is 4. The van der Waals surface area contributed by atoms with E-state index < -0.39 is 0 Å². The Hall–Kier alpha value is -2.56. The van der Waals surface area contributed by atoms with Crippen molar-refractivity contribution in [2.75, 3.05) is 31.1 Å². The van der Waals surface area contributed by atoms with Gasteiger partial charge in [0.1, 0.15) is 11.6 Å². The molecule has 1 fully saturated rings. The van der Waals surface area contributed by atoms with Crippen molar-refractivity contribution in [3.05, 3.63) is 54.2 Å². The first-order chi connectivity index (χ1) is 12.2. The molecule has 0 unspecified atom stereocenters. The van der Waals surface area contributed by atoms with Crippen LogP contribution in [0.5, 0.6) is 5.75 Å². The molecule has 1 aliphatic rings. The standard InChI is InChI=1S/C20H25N3O2/c1-16-6-2-3-7-18(16)25-15-20(24)22-14-17-9-12-23(13-10-17)19-8-4-5-11-21-19/h2-8,11,17H,9-10,12-15H2,1H3,(H,22,24).